The van der Waals surface area contributed by atoms with Crippen LogP contribution in [-0.2, 0) is 0 Å². The van der Waals surface area contributed by atoms with Gasteiger partial charge < -0.3 is 14.7 Å². The van der Waals surface area contributed by atoms with E-state index >= 15 is 0 Å². The third-order valence-corrected chi connectivity index (χ3v) is 4.63. The molecule has 2 aliphatic rings. The second kappa shape index (κ2) is 3.67. The van der Waals surface area contributed by atoms with Crippen LogP contribution in [0.1, 0.15) is 13.8 Å². The Hall–Kier alpha value is -0.670. The van der Waals surface area contributed by atoms with Crippen molar-refractivity contribution in [1.82, 2.24) is 0 Å². The molecule has 1 aliphatic heterocycles. The molecule has 0 bridgehead atoms. The molecule has 1 saturated heterocycles. The van der Waals surface area contributed by atoms with Crippen LogP contribution in [0.3, 0.4) is 0 Å². The lowest BCUT2D eigenvalue weighted by molar-refractivity contribution is -0.920. The summed E-state index contributed by atoms with van der Waals surface area (Å²) in [6.07, 6.45) is 1.75. The Labute approximate surface area is 101 Å². The molecule has 0 amide bonds. The van der Waals surface area contributed by atoms with Crippen molar-refractivity contribution in [1.29, 1.82) is 0 Å². The van der Waals surface area contributed by atoms with Gasteiger partial charge in [0.05, 0.1) is 37.1 Å². The fraction of sp³-hybridized carbons (Fsp3) is 0.667. The molecule has 2 rings (SSSR count). The van der Waals surface area contributed by atoms with E-state index in [1.807, 2.05) is 0 Å². The van der Waals surface area contributed by atoms with Gasteiger partial charge in [0.15, 0.2) is 11.5 Å². The smallest absolute Gasteiger partial charge is 0.172 e. The molecule has 1 fully saturated rings. The molecule has 3 nitrogen and oxygen atoms in total. The van der Waals surface area contributed by atoms with Gasteiger partial charge >= 0.3 is 0 Å². The van der Waals surface area contributed by atoms with Gasteiger partial charge in [-0.05, 0) is 19.9 Å². The summed E-state index contributed by atoms with van der Waals surface area (Å²) in [6, 6.07) is 0.521. The second-order valence-corrected chi connectivity index (χ2v) is 5.86. The monoisotopic (exact) mass is 244 g/mol. The third-order valence-electron chi connectivity index (χ3n) is 4.17. The van der Waals surface area contributed by atoms with Gasteiger partial charge in [0.2, 0.25) is 0 Å². The molecule has 1 heterocycles. The molecular formula is C12H19ClNO2+. The van der Waals surface area contributed by atoms with Gasteiger partial charge in [-0.3, -0.25) is 0 Å². The van der Waals surface area contributed by atoms with E-state index < -0.39 is 0 Å². The van der Waals surface area contributed by atoms with Crippen molar-refractivity contribution >= 4 is 11.6 Å². The minimum absolute atomic E-state index is 0.0662. The SMILES string of the molecule is CC(C)[N+]1(C)CC2C=C(O)C(O)=C(Cl)C2C1. The van der Waals surface area contributed by atoms with E-state index in [1.165, 1.54) is 0 Å². The average Bonchev–Trinajstić information content (AvgIpc) is 2.54. The first-order chi connectivity index (χ1) is 7.35. The predicted molar refractivity (Wildman–Crippen MR) is 64.3 cm³/mol. The van der Waals surface area contributed by atoms with Crippen LogP contribution in [-0.4, -0.2) is 40.9 Å². The number of aliphatic hydroxyl groups is 2. The molecule has 0 aromatic heterocycles. The molecule has 0 radical (unpaired) electrons. The number of quaternary nitrogens is 1. The van der Waals surface area contributed by atoms with Gasteiger partial charge in [-0.1, -0.05) is 11.6 Å². The highest BCUT2D eigenvalue weighted by Crippen LogP contribution is 2.42. The van der Waals surface area contributed by atoms with Crippen LogP contribution in [0.4, 0.5) is 0 Å². The van der Waals surface area contributed by atoms with Crippen LogP contribution in [0, 0.1) is 11.8 Å². The van der Waals surface area contributed by atoms with Crippen molar-refractivity contribution in [2.75, 3.05) is 20.1 Å². The Morgan fingerprint density at radius 2 is 2.00 bits per heavy atom. The van der Waals surface area contributed by atoms with E-state index in [0.717, 1.165) is 17.6 Å². The Balaban J connectivity index is 2.32. The van der Waals surface area contributed by atoms with Gasteiger partial charge in [0.1, 0.15) is 0 Å². The normalized spacial score (nSPS) is 38.9. The maximum Gasteiger partial charge on any atom is 0.172 e. The fourth-order valence-electron chi connectivity index (χ4n) is 2.71. The fourth-order valence-corrected chi connectivity index (χ4v) is 3.03. The van der Waals surface area contributed by atoms with Crippen LogP contribution in [0.15, 0.2) is 22.6 Å². The first-order valence-corrected chi connectivity index (χ1v) is 6.07. The summed E-state index contributed by atoms with van der Waals surface area (Å²) >= 11 is 6.11. The van der Waals surface area contributed by atoms with E-state index in [2.05, 4.69) is 20.9 Å². The lowest BCUT2D eigenvalue weighted by Gasteiger charge is -2.34. The van der Waals surface area contributed by atoms with Crippen molar-refractivity contribution in [3.05, 3.63) is 22.6 Å². The van der Waals surface area contributed by atoms with E-state index in [1.54, 1.807) is 6.08 Å². The van der Waals surface area contributed by atoms with Crippen LogP contribution < -0.4 is 0 Å². The summed E-state index contributed by atoms with van der Waals surface area (Å²) in [5.74, 6) is 0.198. The average molecular weight is 245 g/mol. The molecule has 0 aromatic rings. The highest BCUT2D eigenvalue weighted by Gasteiger charge is 2.47. The zero-order valence-corrected chi connectivity index (χ0v) is 10.7. The Bertz CT molecular complexity index is 375. The highest BCUT2D eigenvalue weighted by atomic mass is 35.5. The highest BCUT2D eigenvalue weighted by molar-refractivity contribution is 6.30. The number of nitrogens with zero attached hydrogens (tertiary/aromatic N) is 1. The molecule has 0 saturated carbocycles. The van der Waals surface area contributed by atoms with Gasteiger partial charge in [0, 0.05) is 5.92 Å². The molecule has 16 heavy (non-hydrogen) atoms. The molecule has 0 aromatic carbocycles. The molecule has 2 N–H and O–H groups in total. The summed E-state index contributed by atoms with van der Waals surface area (Å²) in [5, 5.41) is 19.6. The maximum atomic E-state index is 9.62. The Kier molecular flexibility index (Phi) is 2.71. The molecule has 1 aliphatic carbocycles. The molecular weight excluding hydrogens is 226 g/mol. The van der Waals surface area contributed by atoms with Gasteiger partial charge in [-0.2, -0.15) is 0 Å². The minimum Gasteiger partial charge on any atom is -0.504 e. The van der Waals surface area contributed by atoms with E-state index in [4.69, 9.17) is 11.6 Å². The zero-order chi connectivity index (χ0) is 12.1. The number of aliphatic hydroxyl groups excluding tert-OH is 2. The maximum absolute atomic E-state index is 9.62. The quantitative estimate of drug-likeness (QED) is 0.696. The largest absolute Gasteiger partial charge is 0.504 e. The first-order valence-electron chi connectivity index (χ1n) is 5.69. The second-order valence-electron chi connectivity index (χ2n) is 5.46. The van der Waals surface area contributed by atoms with Crippen LogP contribution in [0.2, 0.25) is 0 Å². The van der Waals surface area contributed by atoms with E-state index in [-0.39, 0.29) is 23.4 Å². The van der Waals surface area contributed by atoms with Crippen molar-refractivity contribution in [2.24, 2.45) is 11.8 Å². The van der Waals surface area contributed by atoms with Gasteiger partial charge in [-0.15, -0.1) is 0 Å². The number of hydrogen-bond donors (Lipinski definition) is 2. The number of fused-ring (bicyclic) bond motifs is 1. The first kappa shape index (κ1) is 11.8. The molecule has 4 heteroatoms. The Morgan fingerprint density at radius 1 is 1.38 bits per heavy atom. The summed E-state index contributed by atoms with van der Waals surface area (Å²) < 4.78 is 0.933. The zero-order valence-electron chi connectivity index (χ0n) is 9.94. The third kappa shape index (κ3) is 1.62. The molecule has 3 unspecified atom stereocenters. The lowest BCUT2D eigenvalue weighted by Crippen LogP contribution is -2.47. The summed E-state index contributed by atoms with van der Waals surface area (Å²) in [6.45, 7) is 6.28. The van der Waals surface area contributed by atoms with E-state index in [9.17, 15) is 10.2 Å². The van der Waals surface area contributed by atoms with Crippen molar-refractivity contribution in [3.63, 3.8) is 0 Å². The molecule has 3 atom stereocenters. The number of likely N-dealkylation sites (tertiary alicyclic amines) is 1. The standard InChI is InChI=1S/C12H18ClNO2/c1-7(2)14(3)5-8-4-10(15)12(16)11(13)9(8)6-14/h4,7-9H,5-6H2,1-3H3,(H-,15,16)/p+1. The van der Waals surface area contributed by atoms with Gasteiger partial charge in [-0.25, -0.2) is 0 Å². The summed E-state index contributed by atoms with van der Waals surface area (Å²) in [5.41, 5.74) is 0. The van der Waals surface area contributed by atoms with Crippen molar-refractivity contribution < 1.29 is 14.7 Å². The van der Waals surface area contributed by atoms with Crippen molar-refractivity contribution in [3.8, 4) is 0 Å². The Morgan fingerprint density at radius 3 is 2.56 bits per heavy atom. The number of rotatable bonds is 1. The summed E-state index contributed by atoms with van der Waals surface area (Å²) in [4.78, 5) is 0. The van der Waals surface area contributed by atoms with Crippen LogP contribution in [0.5, 0.6) is 0 Å². The van der Waals surface area contributed by atoms with Crippen molar-refractivity contribution in [2.45, 2.75) is 19.9 Å². The van der Waals surface area contributed by atoms with E-state index in [0.29, 0.717) is 11.1 Å². The topological polar surface area (TPSA) is 40.5 Å². The number of hydrogen-bond acceptors (Lipinski definition) is 2. The lowest BCUT2D eigenvalue weighted by atomic mass is 9.90. The minimum atomic E-state index is -0.139. The predicted octanol–water partition coefficient (Wildman–Crippen LogP) is 2.55. The molecule has 0 spiro atoms. The van der Waals surface area contributed by atoms with Gasteiger partial charge in [0.25, 0.3) is 0 Å². The van der Waals surface area contributed by atoms with Crippen LogP contribution >= 0.6 is 11.6 Å². The number of halogens is 1. The van der Waals surface area contributed by atoms with Crippen LogP contribution in [0.25, 0.3) is 0 Å². The summed E-state index contributed by atoms with van der Waals surface area (Å²) in [7, 11) is 2.20. The molecule has 90 valence electrons.